The fourth-order valence-electron chi connectivity index (χ4n) is 3.80. The molecule has 4 aromatic rings. The predicted molar refractivity (Wildman–Crippen MR) is 116 cm³/mol. The van der Waals surface area contributed by atoms with Gasteiger partial charge < -0.3 is 20.4 Å². The number of nitrogens with one attached hydrogen (secondary N) is 1. The molecule has 0 spiro atoms. The highest BCUT2D eigenvalue weighted by molar-refractivity contribution is 5.60. The summed E-state index contributed by atoms with van der Waals surface area (Å²) in [6.45, 7) is 0.206. The molecular weight excluding hydrogens is 408 g/mol. The monoisotopic (exact) mass is 428 g/mol. The number of rotatable bonds is 7. The second-order valence-electron chi connectivity index (χ2n) is 7.60. The third-order valence-electron chi connectivity index (χ3n) is 5.72. The SMILES string of the molecule is Nc1ncc(-c2ccc(C3(c4noc(-c5ccc(NCC=O)nc5)n4)CCC3)cn2)cn1. The van der Waals surface area contributed by atoms with Crippen LogP contribution in [0.5, 0.6) is 0 Å². The third kappa shape index (κ3) is 3.55. The first-order chi connectivity index (χ1) is 15.7. The predicted octanol–water partition coefficient (Wildman–Crippen LogP) is 2.65. The molecule has 0 aliphatic heterocycles. The summed E-state index contributed by atoms with van der Waals surface area (Å²) in [6, 6.07) is 7.59. The number of pyridine rings is 2. The molecule has 1 aliphatic rings. The van der Waals surface area contributed by atoms with Crippen LogP contribution < -0.4 is 11.1 Å². The zero-order valence-corrected chi connectivity index (χ0v) is 17.1. The maximum absolute atomic E-state index is 10.5. The van der Waals surface area contributed by atoms with Gasteiger partial charge in [-0.25, -0.2) is 15.0 Å². The van der Waals surface area contributed by atoms with E-state index < -0.39 is 0 Å². The smallest absolute Gasteiger partial charge is 0.259 e. The van der Waals surface area contributed by atoms with Crippen LogP contribution in [0.4, 0.5) is 11.8 Å². The van der Waals surface area contributed by atoms with Crippen LogP contribution in [0.1, 0.15) is 30.7 Å². The van der Waals surface area contributed by atoms with Crippen LogP contribution in [-0.2, 0) is 10.2 Å². The third-order valence-corrected chi connectivity index (χ3v) is 5.72. The zero-order chi connectivity index (χ0) is 22.0. The average molecular weight is 428 g/mol. The Labute approximate surface area is 183 Å². The molecule has 0 saturated heterocycles. The molecule has 10 heteroatoms. The fraction of sp³-hybridized carbons (Fsp3) is 0.227. The zero-order valence-electron chi connectivity index (χ0n) is 17.1. The summed E-state index contributed by atoms with van der Waals surface area (Å²) < 4.78 is 5.55. The van der Waals surface area contributed by atoms with Gasteiger partial charge in [0.25, 0.3) is 5.89 Å². The van der Waals surface area contributed by atoms with E-state index in [-0.39, 0.29) is 17.9 Å². The molecule has 10 nitrogen and oxygen atoms in total. The van der Waals surface area contributed by atoms with Crippen LogP contribution in [-0.4, -0.2) is 42.9 Å². The van der Waals surface area contributed by atoms with E-state index in [1.807, 2.05) is 24.4 Å². The number of carbonyl (C=O) groups excluding carboxylic acids is 1. The highest BCUT2D eigenvalue weighted by Gasteiger charge is 2.44. The summed E-state index contributed by atoms with van der Waals surface area (Å²) in [6.07, 6.45) is 10.5. The van der Waals surface area contributed by atoms with Gasteiger partial charge in [0.05, 0.1) is 23.2 Å². The minimum absolute atomic E-state index is 0.206. The van der Waals surface area contributed by atoms with E-state index >= 15 is 0 Å². The fourth-order valence-corrected chi connectivity index (χ4v) is 3.80. The van der Waals surface area contributed by atoms with Gasteiger partial charge in [-0.3, -0.25) is 4.98 Å². The molecule has 32 heavy (non-hydrogen) atoms. The summed E-state index contributed by atoms with van der Waals surface area (Å²) in [7, 11) is 0. The number of nitrogens with two attached hydrogens (primary N) is 1. The highest BCUT2D eigenvalue weighted by atomic mass is 16.5. The molecule has 0 unspecified atom stereocenters. The van der Waals surface area contributed by atoms with Gasteiger partial charge >= 0.3 is 0 Å². The molecule has 1 fully saturated rings. The molecule has 4 heterocycles. The topological polar surface area (TPSA) is 146 Å². The van der Waals surface area contributed by atoms with E-state index in [4.69, 9.17) is 10.3 Å². The van der Waals surface area contributed by atoms with Crippen LogP contribution >= 0.6 is 0 Å². The number of nitrogen functional groups attached to an aromatic ring is 1. The molecule has 0 atom stereocenters. The Morgan fingerprint density at radius 3 is 2.44 bits per heavy atom. The van der Waals surface area contributed by atoms with Crippen molar-refractivity contribution in [2.75, 3.05) is 17.6 Å². The van der Waals surface area contributed by atoms with Crippen molar-refractivity contribution in [3.8, 4) is 22.7 Å². The first kappa shape index (κ1) is 19.7. The lowest BCUT2D eigenvalue weighted by atomic mass is 9.64. The van der Waals surface area contributed by atoms with E-state index in [0.717, 1.165) is 42.4 Å². The first-order valence-corrected chi connectivity index (χ1v) is 10.2. The van der Waals surface area contributed by atoms with E-state index in [1.165, 1.54) is 0 Å². The summed E-state index contributed by atoms with van der Waals surface area (Å²) in [5.74, 6) is 1.89. The Kier molecular flexibility index (Phi) is 5.02. The van der Waals surface area contributed by atoms with Crippen molar-refractivity contribution in [2.24, 2.45) is 0 Å². The van der Waals surface area contributed by atoms with Gasteiger partial charge in [-0.05, 0) is 36.6 Å². The maximum Gasteiger partial charge on any atom is 0.259 e. The van der Waals surface area contributed by atoms with Crippen molar-refractivity contribution in [2.45, 2.75) is 24.7 Å². The number of carbonyl (C=O) groups is 1. The number of aldehydes is 1. The van der Waals surface area contributed by atoms with E-state index in [9.17, 15) is 4.79 Å². The van der Waals surface area contributed by atoms with Gasteiger partial charge in [-0.1, -0.05) is 17.6 Å². The lowest BCUT2D eigenvalue weighted by Crippen LogP contribution is -2.36. The molecule has 0 aromatic carbocycles. The molecule has 3 N–H and O–H groups in total. The Morgan fingerprint density at radius 2 is 1.81 bits per heavy atom. The highest BCUT2D eigenvalue weighted by Crippen LogP contribution is 2.48. The van der Waals surface area contributed by atoms with Crippen LogP contribution in [0.2, 0.25) is 0 Å². The second kappa shape index (κ2) is 8.14. The summed E-state index contributed by atoms with van der Waals surface area (Å²) in [5, 5.41) is 7.18. The number of anilines is 2. The van der Waals surface area contributed by atoms with Gasteiger partial charge in [-0.15, -0.1) is 0 Å². The molecule has 5 rings (SSSR count). The van der Waals surface area contributed by atoms with Crippen molar-refractivity contribution in [3.05, 3.63) is 60.4 Å². The molecule has 0 radical (unpaired) electrons. The second-order valence-corrected chi connectivity index (χ2v) is 7.60. The molecule has 0 amide bonds. The molecular formula is C22H20N8O2. The summed E-state index contributed by atoms with van der Waals surface area (Å²) in [4.78, 5) is 32.1. The first-order valence-electron chi connectivity index (χ1n) is 10.2. The number of hydrogen-bond acceptors (Lipinski definition) is 10. The van der Waals surface area contributed by atoms with Crippen LogP contribution in [0.3, 0.4) is 0 Å². The number of nitrogens with zero attached hydrogens (tertiary/aromatic N) is 6. The number of hydrogen-bond donors (Lipinski definition) is 2. The van der Waals surface area contributed by atoms with E-state index in [2.05, 4.69) is 35.4 Å². The number of aromatic nitrogens is 6. The molecule has 4 aromatic heterocycles. The maximum atomic E-state index is 10.5. The Morgan fingerprint density at radius 1 is 1.00 bits per heavy atom. The largest absolute Gasteiger partial charge is 0.368 e. The quantitative estimate of drug-likeness (QED) is 0.421. The minimum atomic E-state index is -0.316. The molecule has 1 saturated carbocycles. The average Bonchev–Trinajstić information content (AvgIpc) is 3.29. The van der Waals surface area contributed by atoms with Crippen molar-refractivity contribution < 1.29 is 9.32 Å². The lowest BCUT2D eigenvalue weighted by molar-refractivity contribution is -0.106. The summed E-state index contributed by atoms with van der Waals surface area (Å²) in [5.41, 5.74) is 8.57. The van der Waals surface area contributed by atoms with Gasteiger partial charge in [-0.2, -0.15) is 4.98 Å². The van der Waals surface area contributed by atoms with Crippen molar-refractivity contribution >= 4 is 18.1 Å². The van der Waals surface area contributed by atoms with Crippen molar-refractivity contribution in [1.82, 2.24) is 30.1 Å². The molecule has 0 bridgehead atoms. The lowest BCUT2D eigenvalue weighted by Gasteiger charge is -2.39. The standard InChI is InChI=1S/C22H20N8O2/c23-21-27-11-15(12-28-21)17-4-3-16(13-25-17)22(6-1-7-22)20-29-19(32-30-20)14-2-5-18(26-10-14)24-8-9-31/h2-5,9-13H,1,6-8H2,(H,24,26)(H2,23,27,28). The normalized spacial score (nSPS) is 14.5. The van der Waals surface area contributed by atoms with E-state index in [1.54, 1.807) is 24.7 Å². The van der Waals surface area contributed by atoms with Crippen molar-refractivity contribution in [3.63, 3.8) is 0 Å². The van der Waals surface area contributed by atoms with Gasteiger partial charge in [0.2, 0.25) is 5.95 Å². The van der Waals surface area contributed by atoms with Gasteiger partial charge in [0.1, 0.15) is 12.1 Å². The van der Waals surface area contributed by atoms with Crippen LogP contribution in [0.15, 0.2) is 53.6 Å². The van der Waals surface area contributed by atoms with Crippen LogP contribution in [0.25, 0.3) is 22.7 Å². The Balaban J connectivity index is 1.39. The Hall–Kier alpha value is -4.21. The Bertz CT molecular complexity index is 1220. The summed E-state index contributed by atoms with van der Waals surface area (Å²) >= 11 is 0. The van der Waals surface area contributed by atoms with Crippen molar-refractivity contribution in [1.29, 1.82) is 0 Å². The van der Waals surface area contributed by atoms with Gasteiger partial charge in [0.15, 0.2) is 5.82 Å². The van der Waals surface area contributed by atoms with E-state index in [0.29, 0.717) is 23.1 Å². The van der Waals surface area contributed by atoms with Crippen LogP contribution in [0, 0.1) is 0 Å². The van der Waals surface area contributed by atoms with Gasteiger partial charge in [0, 0.05) is 30.4 Å². The minimum Gasteiger partial charge on any atom is -0.368 e. The molecule has 160 valence electrons. The molecule has 1 aliphatic carbocycles.